The van der Waals surface area contributed by atoms with Gasteiger partial charge in [-0.05, 0) is 88.8 Å². The van der Waals surface area contributed by atoms with Crippen LogP contribution in [0.1, 0.15) is 103 Å². The normalized spacial score (nSPS) is 27.9. The highest BCUT2D eigenvalue weighted by Crippen LogP contribution is 2.49. The van der Waals surface area contributed by atoms with Crippen LogP contribution in [0.2, 0.25) is 0 Å². The number of aryl methyl sites for hydroxylation is 2. The van der Waals surface area contributed by atoms with E-state index in [1.807, 2.05) is 32.9 Å². The van der Waals surface area contributed by atoms with Crippen LogP contribution in [-0.2, 0) is 35.6 Å². The van der Waals surface area contributed by atoms with E-state index in [1.165, 1.54) is 17.0 Å². The van der Waals surface area contributed by atoms with Gasteiger partial charge < -0.3 is 29.7 Å². The Bertz CT molecular complexity index is 2210. The highest BCUT2D eigenvalue weighted by atomic mass is 32.2. The zero-order chi connectivity index (χ0) is 43.5. The summed E-state index contributed by atoms with van der Waals surface area (Å²) in [4.78, 5) is 62.6. The summed E-state index contributed by atoms with van der Waals surface area (Å²) in [6.07, 6.45) is 2.96. The van der Waals surface area contributed by atoms with E-state index in [9.17, 15) is 40.8 Å². The molecule has 328 valence electrons. The number of carbonyl (C=O) groups excluding carboxylic acids is 4. The molecule has 2 aromatic rings. The molecule has 3 N–H and O–H groups in total. The number of nitrogens with zero attached hydrogens (tertiary/aromatic N) is 2. The Morgan fingerprint density at radius 1 is 1.07 bits per heavy atom. The molecule has 1 aromatic carbocycles. The molecule has 0 bridgehead atoms. The Balaban J connectivity index is 1.22. The van der Waals surface area contributed by atoms with Gasteiger partial charge in [-0.1, -0.05) is 45.8 Å². The molecule has 1 saturated heterocycles. The second-order valence-electron chi connectivity index (χ2n) is 18.6. The van der Waals surface area contributed by atoms with Gasteiger partial charge in [0.05, 0.1) is 29.1 Å². The highest BCUT2D eigenvalue weighted by Gasteiger charge is 2.64. The highest BCUT2D eigenvalue weighted by molar-refractivity contribution is 7.91. The van der Waals surface area contributed by atoms with Gasteiger partial charge in [-0.15, -0.1) is 0 Å². The van der Waals surface area contributed by atoms with Crippen LogP contribution >= 0.6 is 0 Å². The summed E-state index contributed by atoms with van der Waals surface area (Å²) in [6.45, 7) is 7.55. The number of alkyl halides is 3. The molecule has 5 unspecified atom stereocenters. The standard InChI is InChI=1S/C42H54F3N5O9S/c1-25-33-28(29-19-27(13-14-30(29)46-25)57-24-42(43,44)45)15-16-40(59-33)21-32-34(51)48-41(36(53)49-60(55,56)39(5)17-18-39)20-26(41)11-9-7-6-8-10-12-31(35(52)50(32)22-40)47-37(54)58-23-38(2,3)4/h9,11,13-14,19,26,31-32H,6-8,10,12,15-18,20-24H2,1-5H3,(H,47,54)(H,48,51)(H,49,53). The molecule has 60 heavy (non-hydrogen) atoms. The van der Waals surface area contributed by atoms with Crippen LogP contribution in [0, 0.1) is 18.3 Å². The van der Waals surface area contributed by atoms with Crippen LogP contribution in [0.5, 0.6) is 11.5 Å². The first kappa shape index (κ1) is 43.5. The molecule has 0 radical (unpaired) electrons. The van der Waals surface area contributed by atoms with Crippen molar-refractivity contribution in [2.24, 2.45) is 11.3 Å². The Labute approximate surface area is 347 Å². The van der Waals surface area contributed by atoms with Crippen LogP contribution in [0.3, 0.4) is 0 Å². The predicted octanol–water partition coefficient (Wildman–Crippen LogP) is 5.68. The fourth-order valence-electron chi connectivity index (χ4n) is 8.39. The largest absolute Gasteiger partial charge is 0.484 e. The molecule has 4 amide bonds. The average Bonchev–Trinajstić information content (AvgIpc) is 4.06. The van der Waals surface area contributed by atoms with Crippen LogP contribution in [0.4, 0.5) is 18.0 Å². The Hall–Kier alpha value is -4.61. The monoisotopic (exact) mass is 861 g/mol. The number of halogens is 3. The van der Waals surface area contributed by atoms with Crippen molar-refractivity contribution in [3.05, 3.63) is 41.6 Å². The SMILES string of the molecule is Cc1nc2ccc(OCC(F)(F)F)cc2c2c1OC1(CC2)CC2C(=O)NC3(C(=O)NS(=O)(=O)C4(C)CC4)CC3C=CCCCCCC(NC(=O)OCC(C)(C)C)C(=O)N2C1. The van der Waals surface area contributed by atoms with Crippen LogP contribution in [-0.4, -0.2) is 96.0 Å². The van der Waals surface area contributed by atoms with Gasteiger partial charge in [0.25, 0.3) is 5.91 Å². The number of aromatic nitrogens is 1. The quantitative estimate of drug-likeness (QED) is 0.293. The number of fused-ring (bicyclic) bond motifs is 5. The van der Waals surface area contributed by atoms with Gasteiger partial charge >= 0.3 is 12.3 Å². The van der Waals surface area contributed by atoms with Crippen molar-refractivity contribution >= 4 is 44.7 Å². The van der Waals surface area contributed by atoms with Crippen molar-refractivity contribution in [2.75, 3.05) is 19.8 Å². The van der Waals surface area contributed by atoms with E-state index >= 15 is 0 Å². The summed E-state index contributed by atoms with van der Waals surface area (Å²) in [5, 5.41) is 6.18. The lowest BCUT2D eigenvalue weighted by molar-refractivity contribution is -0.153. The van der Waals surface area contributed by atoms with E-state index < -0.39 is 80.5 Å². The Morgan fingerprint density at radius 2 is 1.82 bits per heavy atom. The maximum Gasteiger partial charge on any atom is 0.422 e. The Morgan fingerprint density at radius 3 is 2.52 bits per heavy atom. The van der Waals surface area contributed by atoms with Crippen molar-refractivity contribution in [3.63, 3.8) is 0 Å². The van der Waals surface area contributed by atoms with Crippen molar-refractivity contribution in [1.29, 1.82) is 0 Å². The lowest BCUT2D eigenvalue weighted by atomic mass is 9.87. The van der Waals surface area contributed by atoms with Gasteiger partial charge in [-0.25, -0.2) is 18.2 Å². The first-order chi connectivity index (χ1) is 28.0. The maximum absolute atomic E-state index is 14.8. The van der Waals surface area contributed by atoms with E-state index in [0.717, 1.165) is 6.42 Å². The number of ether oxygens (including phenoxy) is 3. The molecule has 3 aliphatic heterocycles. The van der Waals surface area contributed by atoms with Gasteiger partial charge in [0.1, 0.15) is 34.7 Å². The summed E-state index contributed by atoms with van der Waals surface area (Å²) in [7, 11) is -4.05. The molecule has 1 spiro atoms. The molecule has 5 aliphatic rings. The number of alkyl carbamates (subject to hydrolysis) is 1. The van der Waals surface area contributed by atoms with Crippen molar-refractivity contribution < 1.29 is 55.0 Å². The fourth-order valence-corrected chi connectivity index (χ4v) is 9.70. The first-order valence-electron chi connectivity index (χ1n) is 20.6. The number of carbonyl (C=O) groups is 4. The summed E-state index contributed by atoms with van der Waals surface area (Å²) >= 11 is 0. The number of pyridine rings is 1. The molecular weight excluding hydrogens is 808 g/mol. The zero-order valence-corrected chi connectivity index (χ0v) is 35.4. The van der Waals surface area contributed by atoms with E-state index in [0.29, 0.717) is 72.9 Å². The number of hydrogen-bond acceptors (Lipinski definition) is 10. The van der Waals surface area contributed by atoms with Gasteiger partial charge in [0.2, 0.25) is 21.8 Å². The third-order valence-corrected chi connectivity index (χ3v) is 14.4. The molecule has 4 heterocycles. The van der Waals surface area contributed by atoms with E-state index in [-0.39, 0.29) is 43.6 Å². The summed E-state index contributed by atoms with van der Waals surface area (Å²) in [6, 6.07) is 2.21. The average molecular weight is 862 g/mol. The number of amides is 4. The number of nitrogens with one attached hydrogen (secondary N) is 3. The van der Waals surface area contributed by atoms with Gasteiger partial charge in [-0.2, -0.15) is 13.2 Å². The lowest BCUT2D eigenvalue weighted by Gasteiger charge is -2.36. The molecule has 5 atom stereocenters. The first-order valence-corrected chi connectivity index (χ1v) is 22.1. The van der Waals surface area contributed by atoms with Gasteiger partial charge in [0.15, 0.2) is 6.61 Å². The predicted molar refractivity (Wildman–Crippen MR) is 213 cm³/mol. The second-order valence-corrected chi connectivity index (χ2v) is 20.8. The van der Waals surface area contributed by atoms with E-state index in [4.69, 9.17) is 14.2 Å². The minimum absolute atomic E-state index is 0.00629. The second kappa shape index (κ2) is 15.7. The zero-order valence-electron chi connectivity index (χ0n) is 34.6. The fraction of sp³-hybridized carbons (Fsp3) is 0.643. The Kier molecular flexibility index (Phi) is 11.4. The summed E-state index contributed by atoms with van der Waals surface area (Å²) in [5.41, 5.74) is -1.37. The minimum Gasteiger partial charge on any atom is -0.484 e. The maximum atomic E-state index is 14.8. The summed E-state index contributed by atoms with van der Waals surface area (Å²) < 4.78 is 83.9. The molecular formula is C42H54F3N5O9S. The third kappa shape index (κ3) is 9.17. The topological polar surface area (TPSA) is 182 Å². The number of benzene rings is 1. The number of allylic oxidation sites excluding steroid dienone is 1. The van der Waals surface area contributed by atoms with Crippen molar-refractivity contribution in [3.8, 4) is 11.5 Å². The number of sulfonamides is 1. The van der Waals surface area contributed by atoms with Crippen LogP contribution in [0.25, 0.3) is 10.9 Å². The van der Waals surface area contributed by atoms with Gasteiger partial charge in [0, 0.05) is 23.3 Å². The van der Waals surface area contributed by atoms with E-state index in [2.05, 4.69) is 20.3 Å². The number of rotatable bonds is 7. The minimum atomic E-state index is -4.53. The van der Waals surface area contributed by atoms with Crippen LogP contribution < -0.4 is 24.8 Å². The third-order valence-electron chi connectivity index (χ3n) is 12.3. The molecule has 14 nitrogen and oxygen atoms in total. The van der Waals surface area contributed by atoms with Crippen molar-refractivity contribution in [2.45, 2.75) is 139 Å². The van der Waals surface area contributed by atoms with E-state index in [1.54, 1.807) is 19.9 Å². The lowest BCUT2D eigenvalue weighted by Crippen LogP contribution is -2.58. The van der Waals surface area contributed by atoms with Crippen LogP contribution in [0.15, 0.2) is 30.4 Å². The summed E-state index contributed by atoms with van der Waals surface area (Å²) in [5.74, 6) is -2.18. The molecule has 2 aliphatic carbocycles. The molecule has 18 heteroatoms. The molecule has 3 fully saturated rings. The number of hydrogen-bond donors (Lipinski definition) is 3. The van der Waals surface area contributed by atoms with Crippen molar-refractivity contribution in [1.82, 2.24) is 25.2 Å². The molecule has 2 saturated carbocycles. The van der Waals surface area contributed by atoms with Gasteiger partial charge in [-0.3, -0.25) is 19.1 Å². The molecule has 7 rings (SSSR count). The smallest absolute Gasteiger partial charge is 0.422 e. The molecule has 1 aromatic heterocycles.